The third kappa shape index (κ3) is 3.03. The summed E-state index contributed by atoms with van der Waals surface area (Å²) in [7, 11) is 0. The number of hydrogen-bond donors (Lipinski definition) is 0. The Morgan fingerprint density at radius 3 is 2.75 bits per heavy atom. The van der Waals surface area contributed by atoms with Gasteiger partial charge in [0.05, 0.1) is 0 Å². The van der Waals surface area contributed by atoms with Gasteiger partial charge in [-0.3, -0.25) is 9.59 Å². The van der Waals surface area contributed by atoms with E-state index in [4.69, 9.17) is 9.57 Å². The summed E-state index contributed by atoms with van der Waals surface area (Å²) in [6, 6.07) is 6.74. The summed E-state index contributed by atoms with van der Waals surface area (Å²) in [6.07, 6.45) is 0.764. The van der Waals surface area contributed by atoms with Crippen molar-refractivity contribution in [3.63, 3.8) is 0 Å². The molecule has 0 saturated carbocycles. The molecule has 0 aliphatic carbocycles. The number of rotatable bonds is 3. The van der Waals surface area contributed by atoms with E-state index in [1.807, 2.05) is 0 Å². The molecule has 1 unspecified atom stereocenters. The van der Waals surface area contributed by atoms with E-state index in [1.54, 1.807) is 31.2 Å². The fourth-order valence-electron chi connectivity index (χ4n) is 1.96. The highest BCUT2D eigenvalue weighted by atomic mass is 16.7. The fraction of sp³-hybridized carbons (Fsp3) is 0.357. The Balaban J connectivity index is 2.08. The number of hydroxylamine groups is 2. The van der Waals surface area contributed by atoms with Crippen LogP contribution in [0.5, 0.6) is 0 Å². The van der Waals surface area contributed by atoms with Gasteiger partial charge in [-0.1, -0.05) is 18.2 Å². The summed E-state index contributed by atoms with van der Waals surface area (Å²) in [5, 5.41) is 0.409. The normalized spacial score (nSPS) is 17.6. The number of nitrogens with zero attached hydrogens (tertiary/aromatic N) is 1. The molecule has 20 heavy (non-hydrogen) atoms. The number of aryl methyl sites for hydroxylation is 1. The van der Waals surface area contributed by atoms with Crippen molar-refractivity contribution in [1.29, 1.82) is 0 Å². The number of carbonyl (C=O) groups excluding carboxylic acids is 3. The van der Waals surface area contributed by atoms with Gasteiger partial charge in [0.15, 0.2) is 6.10 Å². The average molecular weight is 277 g/mol. The minimum Gasteiger partial charge on any atom is -0.366 e. The molecule has 1 atom stereocenters. The van der Waals surface area contributed by atoms with Crippen LogP contribution in [-0.2, 0) is 19.2 Å². The maximum atomic E-state index is 12.1. The van der Waals surface area contributed by atoms with Crippen molar-refractivity contribution >= 4 is 18.3 Å². The standard InChI is InChI=1S/C14H15NO5/c1-10-5-2-3-6-11(10)13(17)15(9-16)20-14(18)12-7-4-8-19-12/h2-3,5-6,9,12H,4,7-8H2,1H3. The Morgan fingerprint density at radius 2 is 2.15 bits per heavy atom. The first kappa shape index (κ1) is 14.2. The smallest absolute Gasteiger partial charge is 0.361 e. The van der Waals surface area contributed by atoms with Crippen LogP contribution < -0.4 is 0 Å². The highest BCUT2D eigenvalue weighted by Crippen LogP contribution is 2.15. The quantitative estimate of drug-likeness (QED) is 0.613. The summed E-state index contributed by atoms with van der Waals surface area (Å²) in [6.45, 7) is 2.21. The van der Waals surface area contributed by atoms with Gasteiger partial charge in [0, 0.05) is 12.2 Å². The second-order valence-corrected chi connectivity index (χ2v) is 4.46. The summed E-state index contributed by atoms with van der Waals surface area (Å²) in [5.74, 6) is -1.40. The highest BCUT2D eigenvalue weighted by molar-refractivity contribution is 6.00. The van der Waals surface area contributed by atoms with E-state index in [-0.39, 0.29) is 6.41 Å². The lowest BCUT2D eigenvalue weighted by atomic mass is 10.1. The van der Waals surface area contributed by atoms with E-state index in [9.17, 15) is 14.4 Å². The topological polar surface area (TPSA) is 72.9 Å². The Bertz CT molecular complexity index is 522. The van der Waals surface area contributed by atoms with E-state index in [1.165, 1.54) is 0 Å². The highest BCUT2D eigenvalue weighted by Gasteiger charge is 2.29. The molecule has 6 heteroatoms. The van der Waals surface area contributed by atoms with Crippen molar-refractivity contribution in [2.45, 2.75) is 25.9 Å². The SMILES string of the molecule is Cc1ccccc1C(=O)N(C=O)OC(=O)C1CCCO1. The van der Waals surface area contributed by atoms with Crippen molar-refractivity contribution in [3.8, 4) is 0 Å². The number of imide groups is 1. The van der Waals surface area contributed by atoms with Crippen LogP contribution in [-0.4, -0.2) is 36.1 Å². The zero-order chi connectivity index (χ0) is 14.5. The van der Waals surface area contributed by atoms with E-state index in [0.717, 1.165) is 6.42 Å². The van der Waals surface area contributed by atoms with Crippen molar-refractivity contribution in [2.75, 3.05) is 6.61 Å². The maximum absolute atomic E-state index is 12.1. The first-order chi connectivity index (χ1) is 9.63. The first-order valence-electron chi connectivity index (χ1n) is 6.31. The molecule has 1 aromatic rings. The fourth-order valence-corrected chi connectivity index (χ4v) is 1.96. The minimum absolute atomic E-state index is 0.182. The molecule has 0 aromatic heterocycles. The minimum atomic E-state index is -0.725. The molecule has 1 aliphatic heterocycles. The molecule has 1 fully saturated rings. The Kier molecular flexibility index (Phi) is 4.47. The summed E-state index contributed by atoms with van der Waals surface area (Å²) in [5.41, 5.74) is 0.997. The van der Waals surface area contributed by atoms with Gasteiger partial charge in [-0.25, -0.2) is 4.79 Å². The van der Waals surface area contributed by atoms with Crippen LogP contribution in [0.4, 0.5) is 0 Å². The van der Waals surface area contributed by atoms with E-state index < -0.39 is 18.0 Å². The van der Waals surface area contributed by atoms with Crippen molar-refractivity contribution in [3.05, 3.63) is 35.4 Å². The van der Waals surface area contributed by atoms with Crippen LogP contribution in [0.1, 0.15) is 28.8 Å². The Morgan fingerprint density at radius 1 is 1.40 bits per heavy atom. The van der Waals surface area contributed by atoms with E-state index in [0.29, 0.717) is 29.2 Å². The number of hydrogen-bond acceptors (Lipinski definition) is 5. The molecule has 0 N–H and O–H groups in total. The molecule has 1 saturated heterocycles. The monoisotopic (exact) mass is 277 g/mol. The van der Waals surface area contributed by atoms with Crippen LogP contribution in [0.15, 0.2) is 24.3 Å². The molecular formula is C14H15NO5. The van der Waals surface area contributed by atoms with Gasteiger partial charge in [-0.2, -0.15) is 0 Å². The maximum Gasteiger partial charge on any atom is 0.361 e. The van der Waals surface area contributed by atoms with Gasteiger partial charge in [0.1, 0.15) is 0 Å². The number of carbonyl (C=O) groups is 3. The van der Waals surface area contributed by atoms with Gasteiger partial charge >= 0.3 is 5.97 Å². The van der Waals surface area contributed by atoms with Crippen molar-refractivity contribution < 1.29 is 24.0 Å². The zero-order valence-corrected chi connectivity index (χ0v) is 11.1. The van der Waals surface area contributed by atoms with Gasteiger partial charge in [-0.05, 0) is 31.4 Å². The molecular weight excluding hydrogens is 262 g/mol. The molecule has 0 spiro atoms. The van der Waals surface area contributed by atoms with Crippen LogP contribution in [0.3, 0.4) is 0 Å². The molecule has 2 amide bonds. The number of benzene rings is 1. The van der Waals surface area contributed by atoms with Gasteiger partial charge in [0.2, 0.25) is 0 Å². The average Bonchev–Trinajstić information content (AvgIpc) is 2.98. The predicted octanol–water partition coefficient (Wildman–Crippen LogP) is 1.23. The second-order valence-electron chi connectivity index (χ2n) is 4.46. The molecule has 0 radical (unpaired) electrons. The summed E-state index contributed by atoms with van der Waals surface area (Å²) < 4.78 is 5.14. The van der Waals surface area contributed by atoms with Crippen LogP contribution in [0, 0.1) is 6.92 Å². The second kappa shape index (κ2) is 6.29. The lowest BCUT2D eigenvalue weighted by Crippen LogP contribution is -2.36. The van der Waals surface area contributed by atoms with E-state index >= 15 is 0 Å². The first-order valence-corrected chi connectivity index (χ1v) is 6.31. The molecule has 1 aromatic carbocycles. The van der Waals surface area contributed by atoms with Crippen LogP contribution in [0.25, 0.3) is 0 Å². The number of ether oxygens (including phenoxy) is 1. The molecule has 106 valence electrons. The van der Waals surface area contributed by atoms with Gasteiger partial charge < -0.3 is 9.57 Å². The van der Waals surface area contributed by atoms with Crippen LogP contribution >= 0.6 is 0 Å². The number of amides is 2. The van der Waals surface area contributed by atoms with Crippen molar-refractivity contribution in [1.82, 2.24) is 5.06 Å². The van der Waals surface area contributed by atoms with Gasteiger partial charge in [0.25, 0.3) is 12.3 Å². The Labute approximate surface area is 116 Å². The molecule has 1 heterocycles. The van der Waals surface area contributed by atoms with Crippen LogP contribution in [0.2, 0.25) is 0 Å². The third-order valence-electron chi connectivity index (χ3n) is 3.05. The Hall–Kier alpha value is -2.21. The molecule has 0 bridgehead atoms. The van der Waals surface area contributed by atoms with E-state index in [2.05, 4.69) is 0 Å². The van der Waals surface area contributed by atoms with Gasteiger partial charge in [-0.15, -0.1) is 5.06 Å². The lowest BCUT2D eigenvalue weighted by Gasteiger charge is -2.17. The predicted molar refractivity (Wildman–Crippen MR) is 68.5 cm³/mol. The largest absolute Gasteiger partial charge is 0.366 e. The molecule has 6 nitrogen and oxygen atoms in total. The van der Waals surface area contributed by atoms with Crippen molar-refractivity contribution in [2.24, 2.45) is 0 Å². The molecule has 2 rings (SSSR count). The lowest BCUT2D eigenvalue weighted by molar-refractivity contribution is -0.188. The third-order valence-corrected chi connectivity index (χ3v) is 3.05. The molecule has 1 aliphatic rings. The summed E-state index contributed by atoms with van der Waals surface area (Å²) in [4.78, 5) is 39.6. The zero-order valence-electron chi connectivity index (χ0n) is 11.1. The summed E-state index contributed by atoms with van der Waals surface area (Å²) >= 11 is 0.